The average Bonchev–Trinajstić information content (AvgIpc) is 2.91. The highest BCUT2D eigenvalue weighted by Crippen LogP contribution is 2.33. The third-order valence-electron chi connectivity index (χ3n) is 3.62. The number of rotatable bonds is 3. The fraction of sp³-hybridized carbons (Fsp3) is 0.583. The third kappa shape index (κ3) is 2.30. The Labute approximate surface area is 114 Å². The Bertz CT molecular complexity index is 598. The maximum Gasteiger partial charge on any atom is 0.393 e. The van der Waals surface area contributed by atoms with Crippen molar-refractivity contribution in [2.75, 3.05) is 0 Å². The second-order valence-corrected chi connectivity index (χ2v) is 5.93. The summed E-state index contributed by atoms with van der Waals surface area (Å²) in [6, 6.07) is 0. The Morgan fingerprint density at radius 2 is 2.21 bits per heavy atom. The van der Waals surface area contributed by atoms with Crippen molar-refractivity contribution in [3.8, 4) is 5.88 Å². The quantitative estimate of drug-likeness (QED) is 0.639. The minimum absolute atomic E-state index is 0.0551. The van der Waals surface area contributed by atoms with Crippen LogP contribution < -0.4 is 4.74 Å². The predicted octanol–water partition coefficient (Wildman–Crippen LogP) is 3.26. The van der Waals surface area contributed by atoms with Crippen LogP contribution in [0.3, 0.4) is 0 Å². The zero-order valence-electron chi connectivity index (χ0n) is 10.6. The predicted molar refractivity (Wildman–Crippen MR) is 71.8 cm³/mol. The molecule has 2 heterocycles. The number of ether oxygens (including phenoxy) is 1. The van der Waals surface area contributed by atoms with E-state index in [-0.39, 0.29) is 17.8 Å². The van der Waals surface area contributed by atoms with E-state index < -0.39 is 4.92 Å². The van der Waals surface area contributed by atoms with Crippen LogP contribution in [-0.4, -0.2) is 20.4 Å². The highest BCUT2D eigenvalue weighted by atomic mass is 32.1. The average molecular weight is 281 g/mol. The molecule has 3 rings (SSSR count). The Kier molecular flexibility index (Phi) is 3.14. The first-order chi connectivity index (χ1) is 9.15. The van der Waals surface area contributed by atoms with Crippen LogP contribution in [0.5, 0.6) is 5.88 Å². The van der Waals surface area contributed by atoms with Crippen LogP contribution in [0.25, 0.3) is 4.96 Å². The first-order valence-corrected chi connectivity index (χ1v) is 7.29. The summed E-state index contributed by atoms with van der Waals surface area (Å²) < 4.78 is 7.25. The van der Waals surface area contributed by atoms with Gasteiger partial charge in [-0.25, -0.2) is 0 Å². The number of thiazole rings is 1. The molecule has 102 valence electrons. The summed E-state index contributed by atoms with van der Waals surface area (Å²) in [7, 11) is 0. The van der Waals surface area contributed by atoms with Crippen LogP contribution in [0.1, 0.15) is 32.6 Å². The van der Waals surface area contributed by atoms with Crippen molar-refractivity contribution >= 4 is 22.1 Å². The SMILES string of the molecule is CC1CCC(Oc2nc3sccn3c2[N+](=O)[O-])CC1. The number of fused-ring (bicyclic) bond motifs is 1. The van der Waals surface area contributed by atoms with E-state index in [1.54, 1.807) is 11.6 Å². The minimum atomic E-state index is -0.423. The monoisotopic (exact) mass is 281 g/mol. The molecule has 0 aliphatic heterocycles. The highest BCUT2D eigenvalue weighted by Gasteiger charge is 2.28. The summed E-state index contributed by atoms with van der Waals surface area (Å²) in [5.74, 6) is 0.826. The Hall–Kier alpha value is -1.63. The summed E-state index contributed by atoms with van der Waals surface area (Å²) in [5, 5.41) is 12.9. The van der Waals surface area contributed by atoms with Gasteiger partial charge in [-0.2, -0.15) is 9.38 Å². The normalized spacial score (nSPS) is 23.6. The molecule has 7 heteroatoms. The highest BCUT2D eigenvalue weighted by molar-refractivity contribution is 7.15. The van der Waals surface area contributed by atoms with Gasteiger partial charge in [0.15, 0.2) is 0 Å². The van der Waals surface area contributed by atoms with E-state index in [0.29, 0.717) is 4.96 Å². The van der Waals surface area contributed by atoms with Gasteiger partial charge in [0.2, 0.25) is 0 Å². The van der Waals surface area contributed by atoms with E-state index >= 15 is 0 Å². The Morgan fingerprint density at radius 1 is 1.47 bits per heavy atom. The molecule has 0 bridgehead atoms. The van der Waals surface area contributed by atoms with Gasteiger partial charge in [0.1, 0.15) is 12.3 Å². The van der Waals surface area contributed by atoms with E-state index in [4.69, 9.17) is 4.74 Å². The van der Waals surface area contributed by atoms with Crippen molar-refractivity contribution in [1.82, 2.24) is 9.38 Å². The summed E-state index contributed by atoms with van der Waals surface area (Å²) in [5.41, 5.74) is 0. The van der Waals surface area contributed by atoms with Crippen LogP contribution >= 0.6 is 11.3 Å². The van der Waals surface area contributed by atoms with E-state index in [9.17, 15) is 10.1 Å². The topological polar surface area (TPSA) is 69.7 Å². The van der Waals surface area contributed by atoms with Crippen molar-refractivity contribution in [1.29, 1.82) is 0 Å². The number of nitrogens with zero attached hydrogens (tertiary/aromatic N) is 3. The minimum Gasteiger partial charge on any atom is -0.468 e. The smallest absolute Gasteiger partial charge is 0.393 e. The standard InChI is InChI=1S/C12H15N3O3S/c1-8-2-4-9(5-3-8)18-10-11(15(16)17)14-6-7-19-12(14)13-10/h6-9H,2-5H2,1H3. The molecule has 2 aromatic heterocycles. The third-order valence-corrected chi connectivity index (χ3v) is 4.38. The van der Waals surface area contributed by atoms with E-state index in [0.717, 1.165) is 31.6 Å². The van der Waals surface area contributed by atoms with E-state index in [2.05, 4.69) is 11.9 Å². The van der Waals surface area contributed by atoms with Crippen molar-refractivity contribution in [2.24, 2.45) is 5.92 Å². The summed E-state index contributed by atoms with van der Waals surface area (Å²) >= 11 is 1.37. The summed E-state index contributed by atoms with van der Waals surface area (Å²) in [6.45, 7) is 2.23. The lowest BCUT2D eigenvalue weighted by molar-refractivity contribution is -0.391. The van der Waals surface area contributed by atoms with E-state index in [1.807, 2.05) is 0 Å². The van der Waals surface area contributed by atoms with Crippen molar-refractivity contribution in [2.45, 2.75) is 38.7 Å². The van der Waals surface area contributed by atoms with Gasteiger partial charge in [0.05, 0.1) is 0 Å². The molecule has 19 heavy (non-hydrogen) atoms. The maximum atomic E-state index is 11.2. The fourth-order valence-electron chi connectivity index (χ4n) is 2.50. The lowest BCUT2D eigenvalue weighted by atomic mass is 9.89. The maximum absolute atomic E-state index is 11.2. The van der Waals surface area contributed by atoms with Gasteiger partial charge in [-0.1, -0.05) is 18.3 Å². The molecule has 0 N–H and O–H groups in total. The molecule has 0 spiro atoms. The van der Waals surface area contributed by atoms with Crippen molar-refractivity contribution < 1.29 is 9.66 Å². The first-order valence-electron chi connectivity index (χ1n) is 6.41. The van der Waals surface area contributed by atoms with Gasteiger partial charge in [0, 0.05) is 5.38 Å². The van der Waals surface area contributed by atoms with Crippen LogP contribution in [-0.2, 0) is 0 Å². The van der Waals surface area contributed by atoms with Gasteiger partial charge in [-0.05, 0) is 36.5 Å². The Balaban J connectivity index is 1.86. The molecular formula is C12H15N3O3S. The van der Waals surface area contributed by atoms with Crippen molar-refractivity contribution in [3.05, 3.63) is 21.7 Å². The molecule has 1 fully saturated rings. The van der Waals surface area contributed by atoms with Crippen LogP contribution in [0.2, 0.25) is 0 Å². The molecule has 0 saturated heterocycles. The number of hydrogen-bond donors (Lipinski definition) is 0. The summed E-state index contributed by atoms with van der Waals surface area (Å²) in [6.07, 6.45) is 5.83. The lowest BCUT2D eigenvalue weighted by Crippen LogP contribution is -2.23. The largest absolute Gasteiger partial charge is 0.468 e. The molecule has 1 saturated carbocycles. The number of aromatic nitrogens is 2. The first kappa shape index (κ1) is 12.4. The Morgan fingerprint density at radius 3 is 2.89 bits per heavy atom. The number of hydrogen-bond acceptors (Lipinski definition) is 5. The van der Waals surface area contributed by atoms with Gasteiger partial charge >= 0.3 is 11.7 Å². The molecule has 1 aliphatic carbocycles. The number of nitro groups is 1. The molecule has 0 unspecified atom stereocenters. The lowest BCUT2D eigenvalue weighted by Gasteiger charge is -2.25. The second kappa shape index (κ2) is 4.80. The van der Waals surface area contributed by atoms with Gasteiger partial charge in [0.25, 0.3) is 4.96 Å². The molecule has 0 atom stereocenters. The van der Waals surface area contributed by atoms with Gasteiger partial charge in [-0.3, -0.25) is 0 Å². The van der Waals surface area contributed by atoms with Crippen LogP contribution in [0.15, 0.2) is 11.6 Å². The summed E-state index contributed by atoms with van der Waals surface area (Å²) in [4.78, 5) is 15.6. The zero-order valence-corrected chi connectivity index (χ0v) is 11.4. The zero-order chi connectivity index (χ0) is 13.4. The van der Waals surface area contributed by atoms with Crippen LogP contribution in [0.4, 0.5) is 5.82 Å². The van der Waals surface area contributed by atoms with E-state index in [1.165, 1.54) is 15.7 Å². The molecule has 0 amide bonds. The molecule has 1 aliphatic rings. The van der Waals surface area contributed by atoms with Crippen LogP contribution in [0, 0.1) is 16.0 Å². The molecule has 6 nitrogen and oxygen atoms in total. The number of imidazole rings is 1. The molecule has 2 aromatic rings. The van der Waals surface area contributed by atoms with Gasteiger partial charge in [-0.15, -0.1) is 0 Å². The second-order valence-electron chi connectivity index (χ2n) is 5.05. The molecule has 0 radical (unpaired) electrons. The van der Waals surface area contributed by atoms with Crippen molar-refractivity contribution in [3.63, 3.8) is 0 Å². The molecular weight excluding hydrogens is 266 g/mol. The molecule has 0 aromatic carbocycles. The van der Waals surface area contributed by atoms with Gasteiger partial charge < -0.3 is 14.9 Å². The fourth-order valence-corrected chi connectivity index (χ4v) is 3.21.